The summed E-state index contributed by atoms with van der Waals surface area (Å²) >= 11 is 0. The smallest absolute Gasteiger partial charge is 0.147 e. The molecule has 2 atom stereocenters. The molecule has 1 fully saturated rings. The summed E-state index contributed by atoms with van der Waals surface area (Å²) < 4.78 is 2.35. The van der Waals surface area contributed by atoms with Crippen LogP contribution in [0.25, 0.3) is 0 Å². The molecule has 1 aromatic heterocycles. The second-order valence-electron chi connectivity index (χ2n) is 6.20. The van der Waals surface area contributed by atoms with Crippen molar-refractivity contribution in [2.75, 3.05) is 13.1 Å². The minimum Gasteiger partial charge on any atom is -0.330 e. The van der Waals surface area contributed by atoms with Gasteiger partial charge >= 0.3 is 0 Å². The van der Waals surface area contributed by atoms with Gasteiger partial charge in [0.15, 0.2) is 0 Å². The number of hydrogen-bond donors (Lipinski definition) is 1. The molecule has 20 heavy (non-hydrogen) atoms. The van der Waals surface area contributed by atoms with Crippen LogP contribution in [0.5, 0.6) is 0 Å². The lowest BCUT2D eigenvalue weighted by Crippen LogP contribution is -2.40. The molecule has 2 N–H and O–H groups in total. The third-order valence-electron chi connectivity index (χ3n) is 5.08. The van der Waals surface area contributed by atoms with Crippen molar-refractivity contribution in [1.82, 2.24) is 19.7 Å². The molecule has 0 saturated heterocycles. The molecule has 112 valence electrons. The third kappa shape index (κ3) is 2.61. The molecule has 2 heterocycles. The molecule has 2 unspecified atom stereocenters. The van der Waals surface area contributed by atoms with Crippen molar-refractivity contribution in [1.29, 1.82) is 0 Å². The lowest BCUT2D eigenvalue weighted by Gasteiger charge is -2.31. The van der Waals surface area contributed by atoms with Gasteiger partial charge < -0.3 is 10.3 Å². The Morgan fingerprint density at radius 1 is 1.25 bits per heavy atom. The minimum absolute atomic E-state index is 0.640. The van der Waals surface area contributed by atoms with Crippen LogP contribution in [0.15, 0.2) is 0 Å². The van der Waals surface area contributed by atoms with Gasteiger partial charge in [-0.2, -0.15) is 0 Å². The van der Waals surface area contributed by atoms with Crippen LogP contribution in [0, 0.1) is 5.92 Å². The standard InChI is InChI=1S/C15H27N5/c1-2-19(13-7-5-6-12(13)10-16)11-15-18-17-14-8-3-4-9-20(14)15/h12-13H,2-11,16H2,1H3. The molecular weight excluding hydrogens is 250 g/mol. The SMILES string of the molecule is CCN(Cc1nnc2n1CCCC2)C1CCCC1CN. The maximum absolute atomic E-state index is 5.94. The fourth-order valence-corrected chi connectivity index (χ4v) is 3.90. The van der Waals surface area contributed by atoms with Gasteiger partial charge in [0.25, 0.3) is 0 Å². The predicted octanol–water partition coefficient (Wildman–Crippen LogP) is 1.56. The van der Waals surface area contributed by atoms with Gasteiger partial charge in [0.05, 0.1) is 6.54 Å². The molecule has 1 aliphatic carbocycles. The van der Waals surface area contributed by atoms with E-state index in [4.69, 9.17) is 5.73 Å². The van der Waals surface area contributed by atoms with Crippen molar-refractivity contribution in [2.24, 2.45) is 11.7 Å². The molecule has 5 nitrogen and oxygen atoms in total. The molecule has 3 rings (SSSR count). The van der Waals surface area contributed by atoms with E-state index in [0.717, 1.165) is 38.4 Å². The Hall–Kier alpha value is -0.940. The van der Waals surface area contributed by atoms with E-state index in [1.165, 1.54) is 37.9 Å². The molecule has 2 aliphatic rings. The second kappa shape index (κ2) is 6.22. The average Bonchev–Trinajstić information content (AvgIpc) is 3.11. The number of hydrogen-bond acceptors (Lipinski definition) is 4. The fourth-order valence-electron chi connectivity index (χ4n) is 3.90. The van der Waals surface area contributed by atoms with Crippen molar-refractivity contribution in [3.8, 4) is 0 Å². The van der Waals surface area contributed by atoms with E-state index in [-0.39, 0.29) is 0 Å². The highest BCUT2D eigenvalue weighted by molar-refractivity contribution is 5.00. The van der Waals surface area contributed by atoms with Crippen molar-refractivity contribution >= 4 is 0 Å². The Morgan fingerprint density at radius 2 is 2.15 bits per heavy atom. The quantitative estimate of drug-likeness (QED) is 0.887. The number of fused-ring (bicyclic) bond motifs is 1. The first kappa shape index (κ1) is 14.0. The van der Waals surface area contributed by atoms with Crippen LogP contribution in [-0.2, 0) is 19.5 Å². The number of aryl methyl sites for hydroxylation is 1. The zero-order chi connectivity index (χ0) is 13.9. The Labute approximate surface area is 121 Å². The molecule has 1 aromatic rings. The maximum Gasteiger partial charge on any atom is 0.147 e. The van der Waals surface area contributed by atoms with Gasteiger partial charge in [0, 0.05) is 19.0 Å². The topological polar surface area (TPSA) is 60.0 Å². The summed E-state index contributed by atoms with van der Waals surface area (Å²) in [5, 5.41) is 8.82. The molecule has 1 aliphatic heterocycles. The van der Waals surface area contributed by atoms with E-state index < -0.39 is 0 Å². The summed E-state index contributed by atoms with van der Waals surface area (Å²) in [5.41, 5.74) is 5.94. The van der Waals surface area contributed by atoms with E-state index in [1.807, 2.05) is 0 Å². The lowest BCUT2D eigenvalue weighted by molar-refractivity contribution is 0.156. The van der Waals surface area contributed by atoms with E-state index >= 15 is 0 Å². The van der Waals surface area contributed by atoms with Crippen molar-refractivity contribution in [3.63, 3.8) is 0 Å². The van der Waals surface area contributed by atoms with Crippen LogP contribution < -0.4 is 5.73 Å². The first-order valence-corrected chi connectivity index (χ1v) is 8.18. The van der Waals surface area contributed by atoms with Crippen LogP contribution in [0.4, 0.5) is 0 Å². The maximum atomic E-state index is 5.94. The van der Waals surface area contributed by atoms with Gasteiger partial charge in [-0.05, 0) is 44.7 Å². The Kier molecular flexibility index (Phi) is 4.36. The monoisotopic (exact) mass is 277 g/mol. The second-order valence-corrected chi connectivity index (χ2v) is 6.20. The highest BCUT2D eigenvalue weighted by atomic mass is 15.3. The predicted molar refractivity (Wildman–Crippen MR) is 79.2 cm³/mol. The van der Waals surface area contributed by atoms with Crippen LogP contribution in [0.3, 0.4) is 0 Å². The zero-order valence-electron chi connectivity index (χ0n) is 12.6. The van der Waals surface area contributed by atoms with E-state index in [0.29, 0.717) is 12.0 Å². The van der Waals surface area contributed by atoms with Crippen molar-refractivity contribution < 1.29 is 0 Å². The average molecular weight is 277 g/mol. The summed E-state index contributed by atoms with van der Waals surface area (Å²) in [6, 6.07) is 0.640. The molecule has 5 heteroatoms. The van der Waals surface area contributed by atoms with Crippen molar-refractivity contribution in [2.45, 2.75) is 64.6 Å². The van der Waals surface area contributed by atoms with Gasteiger partial charge in [-0.1, -0.05) is 13.3 Å². The zero-order valence-corrected chi connectivity index (χ0v) is 12.6. The van der Waals surface area contributed by atoms with Gasteiger partial charge in [-0.25, -0.2) is 0 Å². The van der Waals surface area contributed by atoms with Gasteiger partial charge in [0.2, 0.25) is 0 Å². The molecule has 0 aromatic carbocycles. The van der Waals surface area contributed by atoms with Crippen LogP contribution >= 0.6 is 0 Å². The van der Waals surface area contributed by atoms with E-state index in [9.17, 15) is 0 Å². The Morgan fingerprint density at radius 3 is 2.95 bits per heavy atom. The van der Waals surface area contributed by atoms with Crippen molar-refractivity contribution in [3.05, 3.63) is 11.6 Å². The number of rotatable bonds is 5. The first-order chi connectivity index (χ1) is 9.83. The highest BCUT2D eigenvalue weighted by Gasteiger charge is 2.31. The molecule has 0 radical (unpaired) electrons. The largest absolute Gasteiger partial charge is 0.330 e. The Balaban J connectivity index is 1.73. The first-order valence-electron chi connectivity index (χ1n) is 8.18. The molecule has 1 saturated carbocycles. The summed E-state index contributed by atoms with van der Waals surface area (Å²) in [5.74, 6) is 3.01. The molecule has 0 bridgehead atoms. The summed E-state index contributed by atoms with van der Waals surface area (Å²) in [4.78, 5) is 2.57. The van der Waals surface area contributed by atoms with E-state index in [2.05, 4.69) is 26.6 Å². The highest BCUT2D eigenvalue weighted by Crippen LogP contribution is 2.30. The van der Waals surface area contributed by atoms with Crippen LogP contribution in [0.2, 0.25) is 0 Å². The number of nitrogens with zero attached hydrogens (tertiary/aromatic N) is 4. The van der Waals surface area contributed by atoms with Gasteiger partial charge in [0.1, 0.15) is 11.6 Å². The fraction of sp³-hybridized carbons (Fsp3) is 0.867. The summed E-state index contributed by atoms with van der Waals surface area (Å²) in [6.07, 6.45) is 7.51. The van der Waals surface area contributed by atoms with Crippen LogP contribution in [-0.4, -0.2) is 38.8 Å². The van der Waals surface area contributed by atoms with Crippen LogP contribution in [0.1, 0.15) is 50.7 Å². The third-order valence-corrected chi connectivity index (χ3v) is 5.08. The van der Waals surface area contributed by atoms with E-state index in [1.54, 1.807) is 0 Å². The minimum atomic E-state index is 0.640. The lowest BCUT2D eigenvalue weighted by atomic mass is 10.0. The summed E-state index contributed by atoms with van der Waals surface area (Å²) in [7, 11) is 0. The number of nitrogens with two attached hydrogens (primary N) is 1. The molecule has 0 spiro atoms. The van der Waals surface area contributed by atoms with Gasteiger partial charge in [-0.3, -0.25) is 4.90 Å². The Bertz CT molecular complexity index is 441. The number of aromatic nitrogens is 3. The summed E-state index contributed by atoms with van der Waals surface area (Å²) in [6.45, 7) is 6.17. The van der Waals surface area contributed by atoms with Gasteiger partial charge in [-0.15, -0.1) is 10.2 Å². The normalized spacial score (nSPS) is 26.1. The molecular formula is C15H27N5. The molecule has 0 amide bonds.